The first-order chi connectivity index (χ1) is 13.0. The molecule has 0 aliphatic carbocycles. The number of para-hydroxylation sites is 1. The van der Waals surface area contributed by atoms with Gasteiger partial charge in [-0.25, -0.2) is 9.36 Å². The topological polar surface area (TPSA) is 84.3 Å². The number of benzene rings is 2. The first-order valence-corrected chi connectivity index (χ1v) is 8.26. The zero-order valence-corrected chi connectivity index (χ0v) is 14.4. The first-order valence-electron chi connectivity index (χ1n) is 8.26. The summed E-state index contributed by atoms with van der Waals surface area (Å²) in [7, 11) is 0. The molecule has 0 saturated heterocycles. The Balaban J connectivity index is 1.73. The van der Waals surface area contributed by atoms with E-state index in [4.69, 9.17) is 5.11 Å². The Morgan fingerprint density at radius 3 is 2.48 bits per heavy atom. The molecule has 27 heavy (non-hydrogen) atoms. The van der Waals surface area contributed by atoms with Gasteiger partial charge >= 0.3 is 5.97 Å². The second-order valence-corrected chi connectivity index (χ2v) is 5.96. The third kappa shape index (κ3) is 4.64. The fourth-order valence-corrected chi connectivity index (χ4v) is 2.68. The molecule has 6 nitrogen and oxygen atoms in total. The molecule has 0 aliphatic rings. The van der Waals surface area contributed by atoms with E-state index >= 15 is 0 Å². The summed E-state index contributed by atoms with van der Waals surface area (Å²) in [5.74, 6) is -0.947. The summed E-state index contributed by atoms with van der Waals surface area (Å²) in [6, 6.07) is 17.2. The van der Waals surface area contributed by atoms with Crippen LogP contribution in [0.4, 0.5) is 5.69 Å². The lowest BCUT2D eigenvalue weighted by atomic mass is 10.1. The van der Waals surface area contributed by atoms with Crippen LogP contribution in [0.15, 0.2) is 73.1 Å². The molecule has 0 atom stereocenters. The monoisotopic (exact) mass is 361 g/mol. The minimum atomic E-state index is -0.947. The Morgan fingerprint density at radius 2 is 1.78 bits per heavy atom. The van der Waals surface area contributed by atoms with Gasteiger partial charge < -0.3 is 5.11 Å². The smallest absolute Gasteiger partial charge is 0.335 e. The molecule has 3 rings (SSSR count). The summed E-state index contributed by atoms with van der Waals surface area (Å²) >= 11 is 0. The van der Waals surface area contributed by atoms with Crippen molar-refractivity contribution in [2.75, 3.05) is 0 Å². The van der Waals surface area contributed by atoms with Crippen LogP contribution in [0.5, 0.6) is 0 Å². The number of rotatable bonds is 6. The molecule has 0 aliphatic heterocycles. The van der Waals surface area contributed by atoms with Gasteiger partial charge in [0.1, 0.15) is 0 Å². The number of carbonyl (C=O) groups is 1. The van der Waals surface area contributed by atoms with Crippen LogP contribution >= 0.6 is 0 Å². The Bertz CT molecular complexity index is 1010. The molecule has 3 aromatic rings. The van der Waals surface area contributed by atoms with Crippen molar-refractivity contribution in [3.8, 4) is 0 Å². The molecule has 0 unspecified atom stereocenters. The van der Waals surface area contributed by atoms with Gasteiger partial charge in [-0.3, -0.25) is 10.1 Å². The van der Waals surface area contributed by atoms with Crippen LogP contribution in [-0.2, 0) is 6.54 Å². The average molecular weight is 361 g/mol. The number of carboxylic acid groups (broad SMARTS) is 1. The lowest BCUT2D eigenvalue weighted by Gasteiger charge is -2.00. The van der Waals surface area contributed by atoms with Crippen molar-refractivity contribution in [3.05, 3.63) is 105 Å². The largest absolute Gasteiger partial charge is 0.478 e. The third-order valence-electron chi connectivity index (χ3n) is 4.04. The molecule has 0 spiro atoms. The number of nitrogens with zero attached hydrogens (tertiary/aromatic N) is 2. The van der Waals surface area contributed by atoms with E-state index in [1.54, 1.807) is 42.5 Å². The predicted octanol–water partition coefficient (Wildman–Crippen LogP) is 3.80. The first kappa shape index (κ1) is 18.0. The van der Waals surface area contributed by atoms with E-state index in [1.165, 1.54) is 6.07 Å². The molecule has 2 aromatic carbocycles. The molecule has 1 N–H and O–H groups in total. The molecule has 134 valence electrons. The van der Waals surface area contributed by atoms with Crippen LogP contribution < -0.4 is 4.57 Å². The minimum absolute atomic E-state index is 0.0676. The summed E-state index contributed by atoms with van der Waals surface area (Å²) in [4.78, 5) is 21.7. The van der Waals surface area contributed by atoms with Crippen molar-refractivity contribution in [1.82, 2.24) is 0 Å². The number of nitro groups is 1. The van der Waals surface area contributed by atoms with Crippen LogP contribution in [0.25, 0.3) is 12.2 Å². The van der Waals surface area contributed by atoms with Crippen molar-refractivity contribution in [2.45, 2.75) is 6.54 Å². The second-order valence-electron chi connectivity index (χ2n) is 5.96. The highest BCUT2D eigenvalue weighted by molar-refractivity contribution is 5.87. The fourth-order valence-electron chi connectivity index (χ4n) is 2.68. The van der Waals surface area contributed by atoms with Crippen molar-refractivity contribution < 1.29 is 19.4 Å². The molecular weight excluding hydrogens is 344 g/mol. The molecule has 1 heterocycles. The lowest BCUT2D eigenvalue weighted by molar-refractivity contribution is -0.688. The fraction of sp³-hybridized carbons (Fsp3) is 0.0476. The molecule has 1 aromatic heterocycles. The highest BCUT2D eigenvalue weighted by atomic mass is 16.6. The summed E-state index contributed by atoms with van der Waals surface area (Å²) < 4.78 is 1.93. The van der Waals surface area contributed by atoms with E-state index in [0.717, 1.165) is 11.1 Å². The maximum atomic E-state index is 11.0. The van der Waals surface area contributed by atoms with Crippen LogP contribution in [-0.4, -0.2) is 16.0 Å². The van der Waals surface area contributed by atoms with Gasteiger partial charge in [0, 0.05) is 23.8 Å². The van der Waals surface area contributed by atoms with Crippen LogP contribution in [0.3, 0.4) is 0 Å². The Kier molecular flexibility index (Phi) is 5.37. The minimum Gasteiger partial charge on any atom is -0.478 e. The number of hydrogen-bond acceptors (Lipinski definition) is 3. The van der Waals surface area contributed by atoms with Gasteiger partial charge in [0.2, 0.25) is 0 Å². The quantitative estimate of drug-likeness (QED) is 0.411. The zero-order valence-electron chi connectivity index (χ0n) is 14.4. The van der Waals surface area contributed by atoms with Crippen LogP contribution in [0.2, 0.25) is 0 Å². The van der Waals surface area contributed by atoms with E-state index < -0.39 is 10.9 Å². The van der Waals surface area contributed by atoms with Crippen molar-refractivity contribution >= 4 is 23.8 Å². The van der Waals surface area contributed by atoms with E-state index in [-0.39, 0.29) is 11.3 Å². The summed E-state index contributed by atoms with van der Waals surface area (Å²) in [5, 5.41) is 20.1. The van der Waals surface area contributed by atoms with Gasteiger partial charge in [0.25, 0.3) is 5.69 Å². The van der Waals surface area contributed by atoms with Crippen molar-refractivity contribution in [2.24, 2.45) is 0 Å². The maximum absolute atomic E-state index is 11.0. The summed E-state index contributed by atoms with van der Waals surface area (Å²) in [6.45, 7) is 0.551. The van der Waals surface area contributed by atoms with Crippen molar-refractivity contribution in [1.29, 1.82) is 0 Å². The van der Waals surface area contributed by atoms with Gasteiger partial charge in [-0.1, -0.05) is 30.3 Å². The normalized spacial score (nSPS) is 10.8. The molecule has 0 saturated carbocycles. The average Bonchev–Trinajstić information content (AvgIpc) is 2.68. The van der Waals surface area contributed by atoms with Gasteiger partial charge in [-0.05, 0) is 29.8 Å². The summed E-state index contributed by atoms with van der Waals surface area (Å²) in [5.41, 5.74) is 2.67. The van der Waals surface area contributed by atoms with Crippen LogP contribution in [0, 0.1) is 10.1 Å². The van der Waals surface area contributed by atoms with Gasteiger partial charge in [-0.15, -0.1) is 0 Å². The molecular formula is C21H17N2O4+. The van der Waals surface area contributed by atoms with E-state index in [9.17, 15) is 14.9 Å². The SMILES string of the molecule is O=C(O)c1cccc(C[n+]2ccc(/C=C\c3ccccc3[N+](=O)[O-])cc2)c1. The number of nitro benzene ring substituents is 1. The van der Waals surface area contributed by atoms with Crippen molar-refractivity contribution in [3.63, 3.8) is 0 Å². The molecule has 0 amide bonds. The third-order valence-corrected chi connectivity index (χ3v) is 4.04. The van der Waals surface area contributed by atoms with Crippen LogP contribution in [0.1, 0.15) is 27.0 Å². The zero-order chi connectivity index (χ0) is 19.2. The molecule has 0 bridgehead atoms. The molecule has 6 heteroatoms. The maximum Gasteiger partial charge on any atom is 0.335 e. The van der Waals surface area contributed by atoms with E-state index in [2.05, 4.69) is 0 Å². The van der Waals surface area contributed by atoms with Gasteiger partial charge in [-0.2, -0.15) is 0 Å². The van der Waals surface area contributed by atoms with Gasteiger partial charge in [0.05, 0.1) is 16.1 Å². The van der Waals surface area contributed by atoms with Gasteiger partial charge in [0.15, 0.2) is 18.9 Å². The molecule has 0 radical (unpaired) electrons. The highest BCUT2D eigenvalue weighted by Crippen LogP contribution is 2.20. The van der Waals surface area contributed by atoms with E-state index in [0.29, 0.717) is 12.1 Å². The number of pyridine rings is 1. The number of aromatic carboxylic acids is 1. The number of hydrogen-bond donors (Lipinski definition) is 1. The Labute approximate surface area is 155 Å². The molecule has 0 fully saturated rings. The predicted molar refractivity (Wildman–Crippen MR) is 101 cm³/mol. The Hall–Kier alpha value is -3.80. The standard InChI is InChI=1S/C21H16N2O4/c24-21(25)19-6-3-4-17(14-19)15-22-12-10-16(11-13-22)8-9-18-5-1-2-7-20(18)23(26)27/h1-14H,15H2/p+1/b9-8-. The summed E-state index contributed by atoms with van der Waals surface area (Å²) in [6.07, 6.45) is 7.30. The lowest BCUT2D eigenvalue weighted by Crippen LogP contribution is -2.33. The van der Waals surface area contributed by atoms with E-state index in [1.807, 2.05) is 41.2 Å². The number of aromatic nitrogens is 1. The highest BCUT2D eigenvalue weighted by Gasteiger charge is 2.10. The Morgan fingerprint density at radius 1 is 1.04 bits per heavy atom. The second kappa shape index (κ2) is 8.05. The number of carboxylic acids is 1.